The third-order valence-electron chi connectivity index (χ3n) is 6.43. The zero-order valence-electron chi connectivity index (χ0n) is 17.3. The molecule has 144 valence electrons. The van der Waals surface area contributed by atoms with Crippen LogP contribution in [-0.2, 0) is 12.8 Å². The summed E-state index contributed by atoms with van der Waals surface area (Å²) < 4.78 is 0. The van der Waals surface area contributed by atoms with Crippen molar-refractivity contribution >= 4 is 0 Å². The molecule has 3 aromatic rings. The van der Waals surface area contributed by atoms with Gasteiger partial charge in [0.05, 0.1) is 0 Å². The van der Waals surface area contributed by atoms with Crippen LogP contribution in [0.2, 0.25) is 0 Å². The third-order valence-corrected chi connectivity index (χ3v) is 6.43. The smallest absolute Gasteiger partial charge is 0.00258 e. The first-order valence-electron chi connectivity index (χ1n) is 10.9. The Morgan fingerprint density at radius 1 is 0.571 bits per heavy atom. The van der Waals surface area contributed by atoms with E-state index < -0.39 is 0 Å². The number of benzene rings is 3. The van der Waals surface area contributed by atoms with E-state index in [1.54, 1.807) is 5.56 Å². The second-order valence-electron chi connectivity index (χ2n) is 8.85. The molecule has 0 bridgehead atoms. The van der Waals surface area contributed by atoms with Crippen LogP contribution < -0.4 is 0 Å². The molecule has 4 rings (SSSR count). The van der Waals surface area contributed by atoms with Gasteiger partial charge >= 0.3 is 0 Å². The summed E-state index contributed by atoms with van der Waals surface area (Å²) in [4.78, 5) is 0. The Bertz CT molecular complexity index is 861. The van der Waals surface area contributed by atoms with Gasteiger partial charge in [-0.1, -0.05) is 98.1 Å². The maximum Gasteiger partial charge on any atom is -0.00258 e. The fraction of sp³-hybridized carbons (Fsp3) is 0.357. The largest absolute Gasteiger partial charge is 0.0625 e. The quantitative estimate of drug-likeness (QED) is 0.438. The van der Waals surface area contributed by atoms with Crippen molar-refractivity contribution in [3.8, 4) is 0 Å². The minimum absolute atomic E-state index is 0.784. The highest BCUT2D eigenvalue weighted by atomic mass is 14.2. The molecule has 1 saturated carbocycles. The van der Waals surface area contributed by atoms with E-state index in [9.17, 15) is 0 Å². The lowest BCUT2D eigenvalue weighted by molar-refractivity contribution is 0.348. The standard InChI is InChI=1S/C28H32/c1-21-3-7-23(8-4-21)19-24-9-11-25(12-10-24)20-26-13-17-28(18-14-26)27-15-5-22(2)6-16-27/h3-4,7-14,17-18,22,27H,5-6,15-16,19-20H2,1-2H3. The summed E-state index contributed by atoms with van der Waals surface area (Å²) in [6, 6.07) is 27.4. The molecule has 0 unspecified atom stereocenters. The molecule has 0 amide bonds. The monoisotopic (exact) mass is 368 g/mol. The van der Waals surface area contributed by atoms with Crippen molar-refractivity contribution in [2.75, 3.05) is 0 Å². The van der Waals surface area contributed by atoms with Gasteiger partial charge in [-0.2, -0.15) is 0 Å². The van der Waals surface area contributed by atoms with E-state index in [-0.39, 0.29) is 0 Å². The second kappa shape index (κ2) is 8.78. The van der Waals surface area contributed by atoms with E-state index >= 15 is 0 Å². The van der Waals surface area contributed by atoms with Crippen LogP contribution in [0.5, 0.6) is 0 Å². The van der Waals surface area contributed by atoms with Gasteiger partial charge in [-0.05, 0) is 72.3 Å². The Hall–Kier alpha value is -2.34. The third kappa shape index (κ3) is 4.93. The summed E-state index contributed by atoms with van der Waals surface area (Å²) in [7, 11) is 0. The summed E-state index contributed by atoms with van der Waals surface area (Å²) in [5.41, 5.74) is 8.44. The molecule has 0 aromatic heterocycles. The van der Waals surface area contributed by atoms with Gasteiger partial charge in [-0.15, -0.1) is 0 Å². The van der Waals surface area contributed by atoms with Crippen molar-refractivity contribution in [1.82, 2.24) is 0 Å². The molecular weight excluding hydrogens is 336 g/mol. The van der Waals surface area contributed by atoms with Crippen molar-refractivity contribution in [2.24, 2.45) is 5.92 Å². The van der Waals surface area contributed by atoms with Gasteiger partial charge in [0, 0.05) is 0 Å². The minimum Gasteiger partial charge on any atom is -0.0625 e. The van der Waals surface area contributed by atoms with Crippen LogP contribution in [0.15, 0.2) is 72.8 Å². The lowest BCUT2D eigenvalue weighted by Gasteiger charge is -2.26. The average Bonchev–Trinajstić information content (AvgIpc) is 2.72. The van der Waals surface area contributed by atoms with Crippen molar-refractivity contribution in [3.63, 3.8) is 0 Å². The Morgan fingerprint density at radius 2 is 0.964 bits per heavy atom. The van der Waals surface area contributed by atoms with E-state index in [1.807, 2.05) is 0 Å². The van der Waals surface area contributed by atoms with Crippen molar-refractivity contribution in [2.45, 2.75) is 58.3 Å². The van der Waals surface area contributed by atoms with Gasteiger partial charge in [0.1, 0.15) is 0 Å². The Morgan fingerprint density at radius 3 is 1.43 bits per heavy atom. The molecule has 0 atom stereocenters. The van der Waals surface area contributed by atoms with Crippen molar-refractivity contribution in [3.05, 3.63) is 106 Å². The second-order valence-corrected chi connectivity index (χ2v) is 8.85. The molecule has 1 aliphatic carbocycles. The molecular formula is C28H32. The first-order valence-corrected chi connectivity index (χ1v) is 10.9. The first kappa shape index (κ1) is 19.0. The van der Waals surface area contributed by atoms with E-state index in [1.165, 1.54) is 53.5 Å². The van der Waals surface area contributed by atoms with Crippen LogP contribution in [0.4, 0.5) is 0 Å². The molecule has 28 heavy (non-hydrogen) atoms. The van der Waals surface area contributed by atoms with Crippen LogP contribution in [0, 0.1) is 12.8 Å². The van der Waals surface area contributed by atoms with E-state index in [0.29, 0.717) is 0 Å². The zero-order valence-corrected chi connectivity index (χ0v) is 17.3. The van der Waals surface area contributed by atoms with Gasteiger partial charge in [-0.3, -0.25) is 0 Å². The summed E-state index contributed by atoms with van der Waals surface area (Å²) >= 11 is 0. The van der Waals surface area contributed by atoms with Crippen LogP contribution in [0.25, 0.3) is 0 Å². The predicted octanol–water partition coefficient (Wildman–Crippen LogP) is 7.47. The van der Waals surface area contributed by atoms with Gasteiger partial charge in [0.25, 0.3) is 0 Å². The van der Waals surface area contributed by atoms with Gasteiger partial charge in [-0.25, -0.2) is 0 Å². The van der Waals surface area contributed by atoms with Crippen LogP contribution in [-0.4, -0.2) is 0 Å². The van der Waals surface area contributed by atoms with Gasteiger partial charge in [0.15, 0.2) is 0 Å². The number of aryl methyl sites for hydroxylation is 1. The molecule has 0 aliphatic heterocycles. The number of hydrogen-bond donors (Lipinski definition) is 0. The van der Waals surface area contributed by atoms with Crippen molar-refractivity contribution in [1.29, 1.82) is 0 Å². The van der Waals surface area contributed by atoms with Crippen LogP contribution in [0.1, 0.15) is 71.9 Å². The fourth-order valence-corrected chi connectivity index (χ4v) is 4.45. The van der Waals surface area contributed by atoms with E-state index in [4.69, 9.17) is 0 Å². The summed E-state index contributed by atoms with van der Waals surface area (Å²) in [6.07, 6.45) is 7.54. The maximum absolute atomic E-state index is 2.39. The normalized spacial score (nSPS) is 19.5. The van der Waals surface area contributed by atoms with Crippen molar-refractivity contribution < 1.29 is 0 Å². The molecule has 0 spiro atoms. The molecule has 0 saturated heterocycles. The van der Waals surface area contributed by atoms with Gasteiger partial charge < -0.3 is 0 Å². The lowest BCUT2D eigenvalue weighted by Crippen LogP contribution is -2.10. The Kier molecular flexibility index (Phi) is 5.95. The zero-order chi connectivity index (χ0) is 19.3. The Labute approximate surface area is 170 Å². The average molecular weight is 369 g/mol. The Balaban J connectivity index is 1.35. The maximum atomic E-state index is 2.39. The van der Waals surface area contributed by atoms with E-state index in [2.05, 4.69) is 86.6 Å². The van der Waals surface area contributed by atoms with Gasteiger partial charge in [0.2, 0.25) is 0 Å². The summed E-state index contributed by atoms with van der Waals surface area (Å²) in [5, 5.41) is 0. The topological polar surface area (TPSA) is 0 Å². The highest BCUT2D eigenvalue weighted by Crippen LogP contribution is 2.35. The first-order chi connectivity index (χ1) is 13.7. The molecule has 0 heterocycles. The summed E-state index contributed by atoms with van der Waals surface area (Å²) in [6.45, 7) is 4.53. The predicted molar refractivity (Wildman–Crippen MR) is 120 cm³/mol. The number of rotatable bonds is 5. The SMILES string of the molecule is Cc1ccc(Cc2ccc(Cc3ccc(C4CCC(C)CC4)cc3)cc2)cc1. The molecule has 0 radical (unpaired) electrons. The van der Waals surface area contributed by atoms with E-state index in [0.717, 1.165) is 24.7 Å². The molecule has 0 nitrogen and oxygen atoms in total. The fourth-order valence-electron chi connectivity index (χ4n) is 4.45. The number of hydrogen-bond acceptors (Lipinski definition) is 0. The molecule has 1 aliphatic rings. The molecule has 3 aromatic carbocycles. The summed E-state index contributed by atoms with van der Waals surface area (Å²) in [5.74, 6) is 1.70. The van der Waals surface area contributed by atoms with Crippen LogP contribution in [0.3, 0.4) is 0 Å². The van der Waals surface area contributed by atoms with Crippen LogP contribution >= 0.6 is 0 Å². The molecule has 0 N–H and O–H groups in total. The lowest BCUT2D eigenvalue weighted by atomic mass is 9.79. The highest BCUT2D eigenvalue weighted by molar-refractivity contribution is 5.34. The molecule has 0 heteroatoms. The highest BCUT2D eigenvalue weighted by Gasteiger charge is 2.19. The minimum atomic E-state index is 0.784. The molecule has 1 fully saturated rings.